The van der Waals surface area contributed by atoms with Gasteiger partial charge in [0, 0.05) is 4.90 Å². The van der Waals surface area contributed by atoms with E-state index in [1.165, 1.54) is 24.3 Å². The quantitative estimate of drug-likeness (QED) is 0.852. The Balaban J connectivity index is 2.16. The SMILES string of the molecule is O=S(c1ccccc1)C(F)CS(=O)(=O)c1ccccc1. The molecule has 0 spiro atoms. The summed E-state index contributed by atoms with van der Waals surface area (Å²) in [4.78, 5) is 0.316. The predicted molar refractivity (Wildman–Crippen MR) is 76.2 cm³/mol. The molecule has 3 nitrogen and oxygen atoms in total. The molecule has 0 saturated heterocycles. The lowest BCUT2D eigenvalue weighted by molar-refractivity contribution is 0.463. The molecule has 0 heterocycles. The van der Waals surface area contributed by atoms with E-state index in [0.29, 0.717) is 0 Å². The summed E-state index contributed by atoms with van der Waals surface area (Å²) in [5.74, 6) is -0.793. The Morgan fingerprint density at radius 2 is 1.45 bits per heavy atom. The first-order valence-electron chi connectivity index (χ1n) is 5.88. The highest BCUT2D eigenvalue weighted by atomic mass is 32.2. The summed E-state index contributed by atoms with van der Waals surface area (Å²) in [5.41, 5.74) is -1.96. The van der Waals surface area contributed by atoms with Crippen molar-refractivity contribution in [1.29, 1.82) is 0 Å². The molecule has 0 radical (unpaired) electrons. The van der Waals surface area contributed by atoms with Crippen LogP contribution >= 0.6 is 0 Å². The van der Waals surface area contributed by atoms with E-state index >= 15 is 0 Å². The van der Waals surface area contributed by atoms with Crippen LogP contribution in [0.5, 0.6) is 0 Å². The summed E-state index contributed by atoms with van der Waals surface area (Å²) in [6.07, 6.45) is 0. The zero-order valence-corrected chi connectivity index (χ0v) is 12.1. The number of halogens is 1. The first-order valence-corrected chi connectivity index (χ1v) is 8.75. The van der Waals surface area contributed by atoms with Crippen molar-refractivity contribution in [1.82, 2.24) is 0 Å². The second kappa shape index (κ2) is 6.28. The van der Waals surface area contributed by atoms with Crippen LogP contribution in [0.15, 0.2) is 70.5 Å². The molecule has 20 heavy (non-hydrogen) atoms. The van der Waals surface area contributed by atoms with Crippen LogP contribution < -0.4 is 0 Å². The average molecular weight is 312 g/mol. The number of alkyl halides is 1. The molecule has 2 unspecified atom stereocenters. The van der Waals surface area contributed by atoms with E-state index in [2.05, 4.69) is 0 Å². The van der Waals surface area contributed by atoms with Crippen molar-refractivity contribution in [2.45, 2.75) is 15.3 Å². The lowest BCUT2D eigenvalue weighted by Gasteiger charge is -2.09. The minimum Gasteiger partial charge on any atom is -0.251 e. The van der Waals surface area contributed by atoms with E-state index in [1.54, 1.807) is 36.4 Å². The fourth-order valence-corrected chi connectivity index (χ4v) is 4.52. The molecule has 0 aliphatic heterocycles. The lowest BCUT2D eigenvalue weighted by Crippen LogP contribution is -2.21. The number of benzene rings is 2. The fraction of sp³-hybridized carbons (Fsp3) is 0.143. The van der Waals surface area contributed by atoms with Gasteiger partial charge in [0.15, 0.2) is 15.3 Å². The van der Waals surface area contributed by atoms with E-state index in [0.717, 1.165) is 0 Å². The van der Waals surface area contributed by atoms with Crippen LogP contribution in [-0.2, 0) is 20.6 Å². The van der Waals surface area contributed by atoms with Gasteiger partial charge in [0.2, 0.25) is 0 Å². The van der Waals surface area contributed by atoms with E-state index in [1.807, 2.05) is 0 Å². The van der Waals surface area contributed by atoms with E-state index in [9.17, 15) is 17.0 Å². The van der Waals surface area contributed by atoms with Gasteiger partial charge in [-0.15, -0.1) is 0 Å². The molecule has 2 atom stereocenters. The molecule has 2 aromatic rings. The Kier molecular flexibility index (Phi) is 4.67. The monoisotopic (exact) mass is 312 g/mol. The van der Waals surface area contributed by atoms with Crippen molar-refractivity contribution >= 4 is 20.6 Å². The maximum Gasteiger partial charge on any atom is 0.193 e. The smallest absolute Gasteiger partial charge is 0.193 e. The second-order valence-corrected chi connectivity index (χ2v) is 7.73. The molecule has 106 valence electrons. The van der Waals surface area contributed by atoms with Gasteiger partial charge in [-0.25, -0.2) is 12.8 Å². The summed E-state index contributed by atoms with van der Waals surface area (Å²) in [6.45, 7) is 0. The molecule has 6 heteroatoms. The highest BCUT2D eigenvalue weighted by molar-refractivity contribution is 7.93. The van der Waals surface area contributed by atoms with Gasteiger partial charge in [-0.1, -0.05) is 36.4 Å². The lowest BCUT2D eigenvalue weighted by atomic mass is 10.4. The normalized spacial score (nSPS) is 14.7. The van der Waals surface area contributed by atoms with Gasteiger partial charge in [-0.05, 0) is 24.3 Å². The standard InChI is InChI=1S/C14H13FO3S2/c15-14(19(16)12-7-3-1-4-8-12)11-20(17,18)13-9-5-2-6-10-13/h1-10,14H,11H2. The number of hydrogen-bond acceptors (Lipinski definition) is 3. The molecule has 0 saturated carbocycles. The Labute approximate surface area is 119 Å². The van der Waals surface area contributed by atoms with Crippen molar-refractivity contribution in [2.24, 2.45) is 0 Å². The average Bonchev–Trinajstić information content (AvgIpc) is 2.48. The largest absolute Gasteiger partial charge is 0.251 e. The third-order valence-electron chi connectivity index (χ3n) is 2.66. The minimum absolute atomic E-state index is 0.0349. The van der Waals surface area contributed by atoms with Gasteiger partial charge < -0.3 is 0 Å². The van der Waals surface area contributed by atoms with Crippen LogP contribution in [0.3, 0.4) is 0 Å². The maximum absolute atomic E-state index is 14.0. The van der Waals surface area contributed by atoms with E-state index in [4.69, 9.17) is 0 Å². The third-order valence-corrected chi connectivity index (χ3v) is 5.96. The predicted octanol–water partition coefficient (Wildman–Crippen LogP) is 2.56. The zero-order valence-electron chi connectivity index (χ0n) is 10.5. The Hall–Kier alpha value is -1.53. The van der Waals surface area contributed by atoms with Crippen LogP contribution in [-0.4, -0.2) is 23.9 Å². The molecule has 0 N–H and O–H groups in total. The fourth-order valence-electron chi connectivity index (χ4n) is 1.66. The first kappa shape index (κ1) is 14.9. The van der Waals surface area contributed by atoms with Crippen LogP contribution in [0.1, 0.15) is 0 Å². The van der Waals surface area contributed by atoms with Crippen molar-refractivity contribution < 1.29 is 17.0 Å². The molecule has 2 aromatic carbocycles. The highest BCUT2D eigenvalue weighted by Gasteiger charge is 2.26. The van der Waals surface area contributed by atoms with Gasteiger partial charge in [0.05, 0.1) is 21.4 Å². The van der Waals surface area contributed by atoms with E-state index < -0.39 is 31.9 Å². The highest BCUT2D eigenvalue weighted by Crippen LogP contribution is 2.18. The summed E-state index contributed by atoms with van der Waals surface area (Å²) >= 11 is 0. The third kappa shape index (κ3) is 3.52. The summed E-state index contributed by atoms with van der Waals surface area (Å²) in [7, 11) is -5.77. The van der Waals surface area contributed by atoms with Crippen LogP contribution in [0.4, 0.5) is 4.39 Å². The first-order chi connectivity index (χ1) is 9.50. The Morgan fingerprint density at radius 1 is 0.950 bits per heavy atom. The van der Waals surface area contributed by atoms with Gasteiger partial charge >= 0.3 is 0 Å². The van der Waals surface area contributed by atoms with Crippen molar-refractivity contribution in [3.05, 3.63) is 60.7 Å². The summed E-state index contributed by atoms with van der Waals surface area (Å²) in [5, 5.41) is 0. The summed E-state index contributed by atoms with van der Waals surface area (Å²) in [6, 6.07) is 15.6. The maximum atomic E-state index is 14.0. The van der Waals surface area contributed by atoms with Crippen LogP contribution in [0.25, 0.3) is 0 Å². The number of sulfone groups is 1. The second-order valence-electron chi connectivity index (χ2n) is 4.11. The molecule has 0 aliphatic carbocycles. The molecular weight excluding hydrogens is 299 g/mol. The minimum atomic E-state index is -3.78. The van der Waals surface area contributed by atoms with Crippen LogP contribution in [0, 0.1) is 0 Å². The van der Waals surface area contributed by atoms with Gasteiger partial charge in [0.25, 0.3) is 0 Å². The van der Waals surface area contributed by atoms with Crippen LogP contribution in [0.2, 0.25) is 0 Å². The molecule has 0 fully saturated rings. The number of hydrogen-bond donors (Lipinski definition) is 0. The Bertz CT molecular complexity index is 685. The molecule has 0 bridgehead atoms. The van der Waals surface area contributed by atoms with Crippen molar-refractivity contribution in [3.8, 4) is 0 Å². The Morgan fingerprint density at radius 3 is 2.00 bits per heavy atom. The molecule has 0 aliphatic rings. The topological polar surface area (TPSA) is 51.2 Å². The molecule has 2 rings (SSSR count). The molecule has 0 amide bonds. The van der Waals surface area contributed by atoms with Crippen molar-refractivity contribution in [2.75, 3.05) is 5.75 Å². The van der Waals surface area contributed by atoms with E-state index in [-0.39, 0.29) is 9.79 Å². The number of rotatable bonds is 5. The van der Waals surface area contributed by atoms with Gasteiger partial charge in [-0.3, -0.25) is 4.21 Å². The van der Waals surface area contributed by atoms with Gasteiger partial charge in [0.1, 0.15) is 0 Å². The summed E-state index contributed by atoms with van der Waals surface area (Å²) < 4.78 is 49.9. The van der Waals surface area contributed by atoms with Gasteiger partial charge in [-0.2, -0.15) is 0 Å². The molecular formula is C14H13FO3S2. The van der Waals surface area contributed by atoms with Crippen molar-refractivity contribution in [3.63, 3.8) is 0 Å². The zero-order chi connectivity index (χ0) is 14.6. The molecule has 0 aromatic heterocycles.